The lowest BCUT2D eigenvalue weighted by Gasteiger charge is -2.16. The third-order valence-electron chi connectivity index (χ3n) is 2.49. The minimum Gasteiger partial charge on any atom is -0.396 e. The van der Waals surface area contributed by atoms with Crippen LogP contribution in [0.3, 0.4) is 0 Å². The highest BCUT2D eigenvalue weighted by Crippen LogP contribution is 2.23. The number of ether oxygens (including phenoxy) is 1. The molecule has 0 radical (unpaired) electrons. The van der Waals surface area contributed by atoms with Crippen LogP contribution >= 0.6 is 0 Å². The van der Waals surface area contributed by atoms with Gasteiger partial charge >= 0.3 is 0 Å². The SMILES string of the molecule is CCOC(c1noc(CCCCO)n1)C(C)C. The van der Waals surface area contributed by atoms with Crippen molar-refractivity contribution in [2.75, 3.05) is 13.2 Å². The Morgan fingerprint density at radius 2 is 2.12 bits per heavy atom. The van der Waals surface area contributed by atoms with E-state index in [1.807, 2.05) is 6.92 Å². The minimum absolute atomic E-state index is 0.102. The van der Waals surface area contributed by atoms with E-state index in [-0.39, 0.29) is 12.7 Å². The molecule has 1 N–H and O–H groups in total. The Labute approximate surface area is 102 Å². The lowest BCUT2D eigenvalue weighted by Crippen LogP contribution is -2.12. The summed E-state index contributed by atoms with van der Waals surface area (Å²) in [6.45, 7) is 6.94. The average molecular weight is 242 g/mol. The van der Waals surface area contributed by atoms with Crippen molar-refractivity contribution >= 4 is 0 Å². The van der Waals surface area contributed by atoms with E-state index in [0.717, 1.165) is 12.8 Å². The molecular weight excluding hydrogens is 220 g/mol. The second kappa shape index (κ2) is 7.40. The number of hydrogen-bond acceptors (Lipinski definition) is 5. The van der Waals surface area contributed by atoms with Crippen molar-refractivity contribution in [2.45, 2.75) is 46.1 Å². The zero-order valence-corrected chi connectivity index (χ0v) is 10.8. The van der Waals surface area contributed by atoms with Gasteiger partial charge in [0.1, 0.15) is 6.10 Å². The first-order valence-corrected chi connectivity index (χ1v) is 6.24. The summed E-state index contributed by atoms with van der Waals surface area (Å²) >= 11 is 0. The molecule has 0 spiro atoms. The maximum atomic E-state index is 8.69. The van der Waals surface area contributed by atoms with E-state index in [4.69, 9.17) is 14.4 Å². The lowest BCUT2D eigenvalue weighted by molar-refractivity contribution is 0.0217. The van der Waals surface area contributed by atoms with Crippen LogP contribution in [0.4, 0.5) is 0 Å². The van der Waals surface area contributed by atoms with Gasteiger partial charge < -0.3 is 14.4 Å². The van der Waals surface area contributed by atoms with Gasteiger partial charge in [0.25, 0.3) is 0 Å². The van der Waals surface area contributed by atoms with Crippen molar-refractivity contribution in [3.05, 3.63) is 11.7 Å². The number of hydrogen-bond donors (Lipinski definition) is 1. The Kier molecular flexibility index (Phi) is 6.15. The number of aryl methyl sites for hydroxylation is 1. The fourth-order valence-corrected chi connectivity index (χ4v) is 1.62. The fraction of sp³-hybridized carbons (Fsp3) is 0.833. The molecule has 1 aromatic rings. The van der Waals surface area contributed by atoms with Crippen molar-refractivity contribution in [3.8, 4) is 0 Å². The Morgan fingerprint density at radius 1 is 1.35 bits per heavy atom. The highest BCUT2D eigenvalue weighted by atomic mass is 16.5. The summed E-state index contributed by atoms with van der Waals surface area (Å²) in [5.74, 6) is 1.57. The first-order valence-electron chi connectivity index (χ1n) is 6.24. The summed E-state index contributed by atoms with van der Waals surface area (Å²) in [6.07, 6.45) is 2.23. The van der Waals surface area contributed by atoms with Crippen molar-refractivity contribution in [1.29, 1.82) is 0 Å². The van der Waals surface area contributed by atoms with Gasteiger partial charge in [0, 0.05) is 19.6 Å². The van der Waals surface area contributed by atoms with E-state index in [2.05, 4.69) is 24.0 Å². The Hall–Kier alpha value is -0.940. The highest BCUT2D eigenvalue weighted by molar-refractivity contribution is 4.93. The second-order valence-corrected chi connectivity index (χ2v) is 4.35. The van der Waals surface area contributed by atoms with Crippen LogP contribution in [-0.2, 0) is 11.2 Å². The third-order valence-corrected chi connectivity index (χ3v) is 2.49. The molecule has 1 unspecified atom stereocenters. The first-order chi connectivity index (χ1) is 8.19. The maximum absolute atomic E-state index is 8.69. The molecule has 17 heavy (non-hydrogen) atoms. The van der Waals surface area contributed by atoms with Crippen LogP contribution in [0.2, 0.25) is 0 Å². The van der Waals surface area contributed by atoms with Crippen molar-refractivity contribution in [3.63, 3.8) is 0 Å². The molecule has 0 amide bonds. The van der Waals surface area contributed by atoms with Crippen molar-refractivity contribution in [1.82, 2.24) is 10.1 Å². The lowest BCUT2D eigenvalue weighted by atomic mass is 10.1. The molecule has 1 aromatic heterocycles. The molecule has 0 aliphatic carbocycles. The molecule has 1 rings (SSSR count). The van der Waals surface area contributed by atoms with E-state index in [1.54, 1.807) is 0 Å². The molecular formula is C12H22N2O3. The minimum atomic E-state index is -0.102. The van der Waals surface area contributed by atoms with Gasteiger partial charge in [0.05, 0.1) is 0 Å². The van der Waals surface area contributed by atoms with E-state index < -0.39 is 0 Å². The summed E-state index contributed by atoms with van der Waals surface area (Å²) in [6, 6.07) is 0. The predicted molar refractivity (Wildman–Crippen MR) is 63.5 cm³/mol. The molecule has 5 nitrogen and oxygen atoms in total. The summed E-state index contributed by atoms with van der Waals surface area (Å²) in [7, 11) is 0. The average Bonchev–Trinajstić information content (AvgIpc) is 2.74. The second-order valence-electron chi connectivity index (χ2n) is 4.35. The largest absolute Gasteiger partial charge is 0.396 e. The molecule has 98 valence electrons. The normalized spacial score (nSPS) is 13.2. The number of nitrogens with zero attached hydrogens (tertiary/aromatic N) is 2. The van der Waals surface area contributed by atoms with Gasteiger partial charge in [-0.05, 0) is 25.7 Å². The Morgan fingerprint density at radius 3 is 2.71 bits per heavy atom. The number of unbranched alkanes of at least 4 members (excludes halogenated alkanes) is 1. The summed E-state index contributed by atoms with van der Waals surface area (Å²) < 4.78 is 10.8. The molecule has 0 aromatic carbocycles. The van der Waals surface area contributed by atoms with Crippen LogP contribution in [-0.4, -0.2) is 28.5 Å². The molecule has 5 heteroatoms. The smallest absolute Gasteiger partial charge is 0.226 e. The predicted octanol–water partition coefficient (Wildman–Crippen LogP) is 2.12. The maximum Gasteiger partial charge on any atom is 0.226 e. The van der Waals surface area contributed by atoms with Crippen LogP contribution in [0.5, 0.6) is 0 Å². The van der Waals surface area contributed by atoms with Crippen LogP contribution in [0.1, 0.15) is 51.4 Å². The van der Waals surface area contributed by atoms with E-state index >= 15 is 0 Å². The standard InChI is InChI=1S/C12H22N2O3/c1-4-16-11(9(2)3)12-13-10(17-14-12)7-5-6-8-15/h9,11,15H,4-8H2,1-3H3. The van der Waals surface area contributed by atoms with Gasteiger partial charge in [0.15, 0.2) is 0 Å². The van der Waals surface area contributed by atoms with Crippen molar-refractivity contribution in [2.24, 2.45) is 5.92 Å². The van der Waals surface area contributed by atoms with E-state index in [9.17, 15) is 0 Å². The van der Waals surface area contributed by atoms with Crippen molar-refractivity contribution < 1.29 is 14.4 Å². The van der Waals surface area contributed by atoms with Gasteiger partial charge in [-0.15, -0.1) is 0 Å². The third kappa shape index (κ3) is 4.44. The fourth-order valence-electron chi connectivity index (χ4n) is 1.62. The number of aromatic nitrogens is 2. The summed E-state index contributed by atoms with van der Waals surface area (Å²) in [5.41, 5.74) is 0. The molecule has 1 heterocycles. The topological polar surface area (TPSA) is 68.4 Å². The van der Waals surface area contributed by atoms with E-state index in [1.165, 1.54) is 0 Å². The van der Waals surface area contributed by atoms with Crippen LogP contribution in [0.15, 0.2) is 4.52 Å². The molecule has 0 saturated carbocycles. The molecule has 0 aliphatic rings. The van der Waals surface area contributed by atoms with Crippen LogP contribution in [0, 0.1) is 5.92 Å². The molecule has 0 aliphatic heterocycles. The first kappa shape index (κ1) is 14.1. The van der Waals surface area contributed by atoms with Crippen LogP contribution < -0.4 is 0 Å². The van der Waals surface area contributed by atoms with Gasteiger partial charge in [0.2, 0.25) is 11.7 Å². The molecule has 0 bridgehead atoms. The molecule has 1 atom stereocenters. The number of aliphatic hydroxyl groups is 1. The molecule has 0 fully saturated rings. The Balaban J connectivity index is 2.58. The van der Waals surface area contributed by atoms with Gasteiger partial charge in [-0.1, -0.05) is 19.0 Å². The quantitative estimate of drug-likeness (QED) is 0.707. The number of rotatable bonds is 8. The van der Waals surface area contributed by atoms with Gasteiger partial charge in [-0.3, -0.25) is 0 Å². The van der Waals surface area contributed by atoms with Gasteiger partial charge in [-0.25, -0.2) is 0 Å². The highest BCUT2D eigenvalue weighted by Gasteiger charge is 2.21. The summed E-state index contributed by atoms with van der Waals surface area (Å²) in [4.78, 5) is 4.34. The number of aliphatic hydroxyl groups excluding tert-OH is 1. The summed E-state index contributed by atoms with van der Waals surface area (Å²) in [5, 5.41) is 12.7. The molecule has 0 saturated heterocycles. The van der Waals surface area contributed by atoms with Crippen LogP contribution in [0.25, 0.3) is 0 Å². The zero-order chi connectivity index (χ0) is 12.7. The monoisotopic (exact) mass is 242 g/mol. The zero-order valence-electron chi connectivity index (χ0n) is 10.8. The Bertz CT molecular complexity index is 312. The van der Waals surface area contributed by atoms with Gasteiger partial charge in [-0.2, -0.15) is 4.98 Å². The van der Waals surface area contributed by atoms with E-state index in [0.29, 0.717) is 30.7 Å².